The number of rotatable bonds is 1. The topological polar surface area (TPSA) is 49.2 Å². The summed E-state index contributed by atoms with van der Waals surface area (Å²) in [4.78, 5) is 6.07. The lowest BCUT2D eigenvalue weighted by molar-refractivity contribution is 0.0679. The third-order valence-electron chi connectivity index (χ3n) is 2.30. The lowest BCUT2D eigenvalue weighted by Crippen LogP contribution is -2.41. The van der Waals surface area contributed by atoms with Crippen LogP contribution in [0, 0.1) is 5.41 Å². The monoisotopic (exact) mass is 225 g/mol. The van der Waals surface area contributed by atoms with Crippen molar-refractivity contribution in [1.29, 1.82) is 5.41 Å². The van der Waals surface area contributed by atoms with Gasteiger partial charge in [0.05, 0.1) is 18.2 Å². The highest BCUT2D eigenvalue weighted by Gasteiger charge is 2.15. The number of hydrogen-bond acceptors (Lipinski definition) is 3. The predicted octanol–water partition coefficient (Wildman–Crippen LogP) is 1.39. The van der Waals surface area contributed by atoms with E-state index in [2.05, 4.69) is 4.98 Å². The smallest absolute Gasteiger partial charge is 0.147 e. The van der Waals surface area contributed by atoms with Gasteiger partial charge in [-0.3, -0.25) is 10.4 Å². The molecule has 1 saturated heterocycles. The molecule has 0 bridgehead atoms. The van der Waals surface area contributed by atoms with Gasteiger partial charge in [0.15, 0.2) is 0 Å². The van der Waals surface area contributed by atoms with Crippen LogP contribution in [0.4, 0.5) is 0 Å². The zero-order valence-corrected chi connectivity index (χ0v) is 9.00. The maximum atomic E-state index is 7.96. The van der Waals surface area contributed by atoms with Gasteiger partial charge in [-0.2, -0.15) is 0 Å². The number of nitrogens with zero attached hydrogens (tertiary/aromatic N) is 2. The highest BCUT2D eigenvalue weighted by Crippen LogP contribution is 2.09. The quantitative estimate of drug-likeness (QED) is 0.581. The minimum absolute atomic E-state index is 0.440. The Hall–Kier alpha value is -1.13. The maximum Gasteiger partial charge on any atom is 0.147 e. The molecule has 4 nitrogen and oxygen atoms in total. The molecule has 2 rings (SSSR count). The Morgan fingerprint density at radius 3 is 2.73 bits per heavy atom. The van der Waals surface area contributed by atoms with Crippen LogP contribution < -0.4 is 0 Å². The molecule has 1 aromatic heterocycles. The molecule has 0 spiro atoms. The molecule has 80 valence electrons. The second-order valence-corrected chi connectivity index (χ2v) is 3.75. The van der Waals surface area contributed by atoms with Gasteiger partial charge in [0.1, 0.15) is 11.5 Å². The number of halogens is 1. The minimum Gasteiger partial charge on any atom is -0.378 e. The molecule has 1 fully saturated rings. The van der Waals surface area contributed by atoms with Crippen LogP contribution in [0.1, 0.15) is 5.69 Å². The molecule has 0 atom stereocenters. The van der Waals surface area contributed by atoms with Crippen LogP contribution in [0.2, 0.25) is 5.02 Å². The maximum absolute atomic E-state index is 7.96. The molecule has 0 amide bonds. The van der Waals surface area contributed by atoms with Gasteiger partial charge in [-0.1, -0.05) is 11.6 Å². The molecule has 0 aliphatic carbocycles. The molecular formula is C10H12ClN3O. The summed E-state index contributed by atoms with van der Waals surface area (Å²) in [6.07, 6.45) is 1.56. The highest BCUT2D eigenvalue weighted by molar-refractivity contribution is 6.30. The molecular weight excluding hydrogens is 214 g/mol. The molecule has 15 heavy (non-hydrogen) atoms. The highest BCUT2D eigenvalue weighted by atomic mass is 35.5. The van der Waals surface area contributed by atoms with Gasteiger partial charge in [0.2, 0.25) is 0 Å². The van der Waals surface area contributed by atoms with Crippen LogP contribution in [0.25, 0.3) is 0 Å². The Bertz CT molecular complexity index is 346. The van der Waals surface area contributed by atoms with Crippen LogP contribution in [-0.2, 0) is 4.74 Å². The van der Waals surface area contributed by atoms with Crippen molar-refractivity contribution in [1.82, 2.24) is 9.88 Å². The number of morpholine rings is 1. The Morgan fingerprint density at radius 1 is 1.40 bits per heavy atom. The number of ether oxygens (including phenoxy) is 1. The van der Waals surface area contributed by atoms with Crippen LogP contribution >= 0.6 is 11.6 Å². The molecule has 0 saturated carbocycles. The van der Waals surface area contributed by atoms with Gasteiger partial charge in [0, 0.05) is 19.3 Å². The largest absolute Gasteiger partial charge is 0.378 e. The summed E-state index contributed by atoms with van der Waals surface area (Å²) in [5.41, 5.74) is 0.654. The number of pyridine rings is 1. The van der Waals surface area contributed by atoms with E-state index < -0.39 is 0 Å². The Balaban J connectivity index is 2.09. The van der Waals surface area contributed by atoms with E-state index in [0.717, 1.165) is 13.1 Å². The second-order valence-electron chi connectivity index (χ2n) is 3.31. The SMILES string of the molecule is N=C(c1ccc(Cl)cn1)N1CCOCC1. The van der Waals surface area contributed by atoms with E-state index in [1.807, 2.05) is 4.90 Å². The minimum atomic E-state index is 0.440. The van der Waals surface area contributed by atoms with Gasteiger partial charge < -0.3 is 9.64 Å². The third kappa shape index (κ3) is 2.46. The van der Waals surface area contributed by atoms with E-state index in [9.17, 15) is 0 Å². The summed E-state index contributed by atoms with van der Waals surface area (Å²) in [6.45, 7) is 2.86. The van der Waals surface area contributed by atoms with Gasteiger partial charge in [-0.05, 0) is 12.1 Å². The number of hydrogen-bond donors (Lipinski definition) is 1. The Kier molecular flexibility index (Phi) is 3.18. The molecule has 5 heteroatoms. The van der Waals surface area contributed by atoms with Gasteiger partial charge in [-0.15, -0.1) is 0 Å². The van der Waals surface area contributed by atoms with Crippen molar-refractivity contribution in [3.63, 3.8) is 0 Å². The van der Waals surface area contributed by atoms with Gasteiger partial charge in [0.25, 0.3) is 0 Å². The lowest BCUT2D eigenvalue weighted by atomic mass is 10.3. The van der Waals surface area contributed by atoms with Gasteiger partial charge in [-0.25, -0.2) is 0 Å². The predicted molar refractivity (Wildman–Crippen MR) is 58.5 cm³/mol. The molecule has 1 N–H and O–H groups in total. The van der Waals surface area contributed by atoms with Crippen molar-refractivity contribution in [2.75, 3.05) is 26.3 Å². The fourth-order valence-corrected chi connectivity index (χ4v) is 1.58. The second kappa shape index (κ2) is 4.59. The summed E-state index contributed by atoms with van der Waals surface area (Å²) in [5.74, 6) is 0.440. The number of aromatic nitrogens is 1. The first kappa shape index (κ1) is 10.4. The standard InChI is InChI=1S/C10H12ClN3O/c11-8-1-2-9(13-7-8)10(12)14-3-5-15-6-4-14/h1-2,7,12H,3-6H2. The van der Waals surface area contributed by atoms with E-state index >= 15 is 0 Å². The van der Waals surface area contributed by atoms with Gasteiger partial charge >= 0.3 is 0 Å². The zero-order valence-electron chi connectivity index (χ0n) is 8.24. The van der Waals surface area contributed by atoms with E-state index in [1.165, 1.54) is 0 Å². The average Bonchev–Trinajstić information content (AvgIpc) is 2.30. The van der Waals surface area contributed by atoms with Crippen LogP contribution in [0.3, 0.4) is 0 Å². The Labute approximate surface area is 93.3 Å². The van der Waals surface area contributed by atoms with E-state index in [0.29, 0.717) is 29.8 Å². The molecule has 0 unspecified atom stereocenters. The van der Waals surface area contributed by atoms with Crippen molar-refractivity contribution in [3.05, 3.63) is 29.0 Å². The molecule has 0 aromatic carbocycles. The first-order valence-corrected chi connectivity index (χ1v) is 5.18. The third-order valence-corrected chi connectivity index (χ3v) is 2.52. The zero-order chi connectivity index (χ0) is 10.7. The number of nitrogens with one attached hydrogen (secondary N) is 1. The van der Waals surface area contributed by atoms with Crippen molar-refractivity contribution in [3.8, 4) is 0 Å². The van der Waals surface area contributed by atoms with Crippen molar-refractivity contribution >= 4 is 17.4 Å². The molecule has 0 radical (unpaired) electrons. The van der Waals surface area contributed by atoms with Crippen LogP contribution in [0.15, 0.2) is 18.3 Å². The summed E-state index contributed by atoms with van der Waals surface area (Å²) in [6, 6.07) is 3.51. The fraction of sp³-hybridized carbons (Fsp3) is 0.400. The summed E-state index contributed by atoms with van der Waals surface area (Å²) >= 11 is 5.74. The first-order valence-electron chi connectivity index (χ1n) is 4.80. The van der Waals surface area contributed by atoms with Crippen molar-refractivity contribution < 1.29 is 4.74 Å². The summed E-state index contributed by atoms with van der Waals surface area (Å²) < 4.78 is 5.23. The van der Waals surface area contributed by atoms with Crippen LogP contribution in [0.5, 0.6) is 0 Å². The lowest BCUT2D eigenvalue weighted by Gasteiger charge is -2.28. The summed E-state index contributed by atoms with van der Waals surface area (Å²) in [7, 11) is 0. The first-order chi connectivity index (χ1) is 7.27. The normalized spacial score (nSPS) is 16.5. The fourth-order valence-electron chi connectivity index (χ4n) is 1.46. The van der Waals surface area contributed by atoms with E-state index in [-0.39, 0.29) is 0 Å². The summed E-state index contributed by atoms with van der Waals surface area (Å²) in [5, 5.41) is 8.55. The van der Waals surface area contributed by atoms with E-state index in [4.69, 9.17) is 21.7 Å². The number of amidine groups is 1. The average molecular weight is 226 g/mol. The molecule has 1 aromatic rings. The molecule has 2 heterocycles. The van der Waals surface area contributed by atoms with Crippen LogP contribution in [-0.4, -0.2) is 42.0 Å². The molecule has 1 aliphatic heterocycles. The van der Waals surface area contributed by atoms with Crippen molar-refractivity contribution in [2.24, 2.45) is 0 Å². The van der Waals surface area contributed by atoms with E-state index in [1.54, 1.807) is 18.3 Å². The molecule has 1 aliphatic rings. The van der Waals surface area contributed by atoms with Crippen molar-refractivity contribution in [2.45, 2.75) is 0 Å². The Morgan fingerprint density at radius 2 is 2.13 bits per heavy atom.